The predicted octanol–water partition coefficient (Wildman–Crippen LogP) is 3.20. The summed E-state index contributed by atoms with van der Waals surface area (Å²) in [6.07, 6.45) is 1.44. The number of carbonyl (C=O) groups is 3. The van der Waals surface area contributed by atoms with Crippen molar-refractivity contribution in [3.63, 3.8) is 0 Å². The van der Waals surface area contributed by atoms with Crippen LogP contribution in [0.5, 0.6) is 0 Å². The predicted molar refractivity (Wildman–Crippen MR) is 84.4 cm³/mol. The monoisotopic (exact) mass is 411 g/mol. The van der Waals surface area contributed by atoms with Crippen LogP contribution in [0.1, 0.15) is 23.0 Å². The van der Waals surface area contributed by atoms with Crippen molar-refractivity contribution in [2.45, 2.75) is 12.5 Å². The number of carbonyl (C=O) groups excluding carboxylic acids is 3. The van der Waals surface area contributed by atoms with Gasteiger partial charge in [-0.1, -0.05) is 29.3 Å². The lowest BCUT2D eigenvalue weighted by Gasteiger charge is -2.18. The molecule has 0 saturated carbocycles. The minimum Gasteiger partial charge on any atom is -0.464 e. The van der Waals surface area contributed by atoms with Crippen molar-refractivity contribution in [1.82, 2.24) is 4.57 Å². The van der Waals surface area contributed by atoms with E-state index in [4.69, 9.17) is 23.2 Å². The number of esters is 2. The Morgan fingerprint density at radius 1 is 1.32 bits per heavy atom. The second-order valence-corrected chi connectivity index (χ2v) is 5.55. The molecule has 1 atom stereocenters. The summed E-state index contributed by atoms with van der Waals surface area (Å²) in [7, 11) is 2.24. The highest BCUT2D eigenvalue weighted by molar-refractivity contribution is 9.10. The molecule has 1 rings (SSSR count). The number of hydrogen-bond acceptors (Lipinski definition) is 5. The number of Topliss-reactive ketones (excluding diaryl/α,β-unsaturated/α-hetero) is 1. The number of hydrogen-bond donors (Lipinski definition) is 0. The molecule has 1 aromatic heterocycles. The molecule has 0 aromatic carbocycles. The zero-order valence-electron chi connectivity index (χ0n) is 11.7. The van der Waals surface area contributed by atoms with Gasteiger partial charge in [-0.15, -0.1) is 6.58 Å². The average molecular weight is 413 g/mol. The van der Waals surface area contributed by atoms with Crippen molar-refractivity contribution in [2.75, 3.05) is 14.2 Å². The molecule has 0 fully saturated rings. The fourth-order valence-corrected chi connectivity index (χ4v) is 2.94. The maximum Gasteiger partial charge on any atom is 0.376 e. The van der Waals surface area contributed by atoms with E-state index in [1.54, 1.807) is 0 Å². The Morgan fingerprint density at radius 2 is 1.91 bits per heavy atom. The molecular weight excluding hydrogens is 401 g/mol. The van der Waals surface area contributed by atoms with E-state index in [-0.39, 0.29) is 26.8 Å². The van der Waals surface area contributed by atoms with Crippen molar-refractivity contribution in [1.29, 1.82) is 0 Å². The third-order valence-corrected chi connectivity index (χ3v) is 4.64. The Bertz CT molecular complexity index is 641. The van der Waals surface area contributed by atoms with Gasteiger partial charge in [0.1, 0.15) is 16.9 Å². The van der Waals surface area contributed by atoms with Gasteiger partial charge < -0.3 is 14.0 Å². The van der Waals surface area contributed by atoms with E-state index in [2.05, 4.69) is 32.0 Å². The third kappa shape index (κ3) is 3.37. The van der Waals surface area contributed by atoms with Crippen LogP contribution < -0.4 is 0 Å². The zero-order valence-corrected chi connectivity index (χ0v) is 14.8. The lowest BCUT2D eigenvalue weighted by Crippen LogP contribution is -2.29. The van der Waals surface area contributed by atoms with Crippen molar-refractivity contribution < 1.29 is 23.9 Å². The smallest absolute Gasteiger partial charge is 0.376 e. The van der Waals surface area contributed by atoms with Crippen LogP contribution in [0, 0.1) is 0 Å². The molecule has 0 saturated heterocycles. The molecule has 6 nitrogen and oxygen atoms in total. The average Bonchev–Trinajstić information content (AvgIpc) is 2.74. The Hall–Kier alpha value is -1.31. The number of ether oxygens (including phenoxy) is 2. The molecule has 0 spiro atoms. The molecule has 0 aliphatic carbocycles. The van der Waals surface area contributed by atoms with E-state index in [0.29, 0.717) is 0 Å². The van der Waals surface area contributed by atoms with Crippen LogP contribution in [0.3, 0.4) is 0 Å². The van der Waals surface area contributed by atoms with E-state index in [0.717, 1.165) is 11.7 Å². The maximum atomic E-state index is 12.2. The molecule has 0 radical (unpaired) electrons. The first-order chi connectivity index (χ1) is 10.3. The largest absolute Gasteiger partial charge is 0.464 e. The van der Waals surface area contributed by atoms with Crippen molar-refractivity contribution in [3.8, 4) is 0 Å². The highest BCUT2D eigenvalue weighted by Gasteiger charge is 2.35. The highest BCUT2D eigenvalue weighted by Crippen LogP contribution is 2.39. The molecule has 0 aliphatic heterocycles. The second-order valence-electron chi connectivity index (χ2n) is 4.02. The Balaban J connectivity index is 3.58. The van der Waals surface area contributed by atoms with E-state index in [9.17, 15) is 14.4 Å². The third-order valence-electron chi connectivity index (χ3n) is 2.80. The normalized spacial score (nSPS) is 11.7. The summed E-state index contributed by atoms with van der Waals surface area (Å²) in [4.78, 5) is 35.7. The van der Waals surface area contributed by atoms with Gasteiger partial charge in [-0.3, -0.25) is 4.79 Å². The molecule has 120 valence electrons. The molecule has 0 amide bonds. The van der Waals surface area contributed by atoms with Gasteiger partial charge in [0.15, 0.2) is 0 Å². The molecule has 1 heterocycles. The van der Waals surface area contributed by atoms with Gasteiger partial charge >= 0.3 is 11.9 Å². The number of nitrogens with zero attached hydrogens (tertiary/aromatic N) is 1. The van der Waals surface area contributed by atoms with Crippen molar-refractivity contribution in [2.24, 2.45) is 0 Å². The molecule has 0 aliphatic rings. The first-order valence-corrected chi connectivity index (χ1v) is 7.42. The first kappa shape index (κ1) is 18.7. The van der Waals surface area contributed by atoms with Crippen LogP contribution in [0.2, 0.25) is 10.2 Å². The van der Waals surface area contributed by atoms with Crippen LogP contribution in [-0.4, -0.2) is 36.5 Å². The highest BCUT2D eigenvalue weighted by atomic mass is 79.9. The number of allylic oxidation sites excluding steroid dienone is 1. The number of halogens is 3. The van der Waals surface area contributed by atoms with E-state index < -0.39 is 23.8 Å². The van der Waals surface area contributed by atoms with E-state index >= 15 is 0 Å². The van der Waals surface area contributed by atoms with Gasteiger partial charge in [-0.05, 0) is 22.4 Å². The van der Waals surface area contributed by atoms with Gasteiger partial charge in [-0.2, -0.15) is 0 Å². The van der Waals surface area contributed by atoms with Gasteiger partial charge in [0.2, 0.25) is 0 Å². The summed E-state index contributed by atoms with van der Waals surface area (Å²) in [5.41, 5.74) is -0.0818. The van der Waals surface area contributed by atoms with Crippen molar-refractivity contribution in [3.05, 3.63) is 33.0 Å². The maximum absolute atomic E-state index is 12.2. The number of aromatic nitrogens is 1. The summed E-state index contributed by atoms with van der Waals surface area (Å²) >= 11 is 15.2. The topological polar surface area (TPSA) is 74.6 Å². The quantitative estimate of drug-likeness (QED) is 0.407. The lowest BCUT2D eigenvalue weighted by atomic mass is 10.1. The molecule has 0 bridgehead atoms. The van der Waals surface area contributed by atoms with Crippen LogP contribution >= 0.6 is 39.1 Å². The summed E-state index contributed by atoms with van der Waals surface area (Å²) in [6.45, 7) is 3.53. The summed E-state index contributed by atoms with van der Waals surface area (Å²) in [5, 5.41) is -0.0631. The minimum atomic E-state index is -1.13. The van der Waals surface area contributed by atoms with Crippen LogP contribution in [0.25, 0.3) is 0 Å². The van der Waals surface area contributed by atoms with Gasteiger partial charge in [0, 0.05) is 0 Å². The molecule has 1 unspecified atom stereocenters. The van der Waals surface area contributed by atoms with Gasteiger partial charge in [0.05, 0.1) is 23.7 Å². The van der Waals surface area contributed by atoms with Crippen LogP contribution in [-0.2, 0) is 19.1 Å². The SMILES string of the molecule is C=CCC(C(=O)C(=O)OC)n1c(Cl)c(Cl)c(Br)c1C(=O)OC. The molecule has 1 aromatic rings. The molecule has 22 heavy (non-hydrogen) atoms. The molecule has 0 N–H and O–H groups in total. The Morgan fingerprint density at radius 3 is 2.36 bits per heavy atom. The standard InChI is InChI=1S/C13H12BrCl2NO5/c1-4-5-6(10(18)13(20)22-3)17-9(12(19)21-2)7(14)8(15)11(17)16/h4,6H,1,5H2,2-3H3. The van der Waals surface area contributed by atoms with E-state index in [1.807, 2.05) is 0 Å². The minimum absolute atomic E-state index is 0.0220. The fraction of sp³-hybridized carbons (Fsp3) is 0.308. The van der Waals surface area contributed by atoms with E-state index in [1.165, 1.54) is 13.2 Å². The fourth-order valence-electron chi connectivity index (χ4n) is 1.81. The summed E-state index contributed by atoms with van der Waals surface area (Å²) in [5.74, 6) is -2.74. The van der Waals surface area contributed by atoms with Gasteiger partial charge in [-0.25, -0.2) is 9.59 Å². The van der Waals surface area contributed by atoms with Crippen LogP contribution in [0.15, 0.2) is 17.1 Å². The summed E-state index contributed by atoms with van der Waals surface area (Å²) < 4.78 is 10.4. The summed E-state index contributed by atoms with van der Waals surface area (Å²) in [6, 6.07) is -1.13. The van der Waals surface area contributed by atoms with Gasteiger partial charge in [0.25, 0.3) is 5.78 Å². The second kappa shape index (κ2) is 7.80. The lowest BCUT2D eigenvalue weighted by molar-refractivity contribution is -0.153. The number of methoxy groups -OCH3 is 2. The Kier molecular flexibility index (Phi) is 6.65. The molecule has 9 heteroatoms. The Labute approximate surface area is 145 Å². The first-order valence-electron chi connectivity index (χ1n) is 5.87. The number of ketones is 1. The zero-order chi connectivity index (χ0) is 17.0. The number of rotatable bonds is 6. The molecular formula is C13H12BrCl2NO5. The van der Waals surface area contributed by atoms with Crippen LogP contribution in [0.4, 0.5) is 0 Å². The van der Waals surface area contributed by atoms with Crippen molar-refractivity contribution >= 4 is 56.9 Å².